The summed E-state index contributed by atoms with van der Waals surface area (Å²) in [7, 11) is 0. The number of hydrogen-bond acceptors (Lipinski definition) is 4. The lowest BCUT2D eigenvalue weighted by Gasteiger charge is -2.36. The van der Waals surface area contributed by atoms with Crippen molar-refractivity contribution in [2.75, 3.05) is 58.9 Å². The summed E-state index contributed by atoms with van der Waals surface area (Å²) < 4.78 is 0. The molecule has 2 fully saturated rings. The van der Waals surface area contributed by atoms with Crippen LogP contribution in [0.3, 0.4) is 0 Å². The second-order valence-electron chi connectivity index (χ2n) is 6.31. The zero-order chi connectivity index (χ0) is 16.1. The second kappa shape index (κ2) is 13.0. The minimum atomic E-state index is 0. The highest BCUT2D eigenvalue weighted by Crippen LogP contribution is 2.14. The Labute approximate surface area is 179 Å². The molecule has 3 rings (SSSR count). The van der Waals surface area contributed by atoms with Crippen LogP contribution in [0.5, 0.6) is 0 Å². The van der Waals surface area contributed by atoms with E-state index in [1.807, 2.05) is 23.1 Å². The van der Waals surface area contributed by atoms with Crippen LogP contribution in [0.15, 0.2) is 24.3 Å². The van der Waals surface area contributed by atoms with Gasteiger partial charge >= 0.3 is 0 Å². The highest BCUT2D eigenvalue weighted by atomic mass is 35.5. The summed E-state index contributed by atoms with van der Waals surface area (Å²) >= 11 is 6.04. The van der Waals surface area contributed by atoms with E-state index in [4.69, 9.17) is 11.6 Å². The number of benzene rings is 1. The van der Waals surface area contributed by atoms with Gasteiger partial charge in [0.25, 0.3) is 0 Å². The monoisotopic (exact) mass is 444 g/mol. The molecule has 1 amide bonds. The van der Waals surface area contributed by atoms with Crippen LogP contribution >= 0.6 is 48.8 Å². The quantitative estimate of drug-likeness (QED) is 0.770. The van der Waals surface area contributed by atoms with Gasteiger partial charge in [-0.3, -0.25) is 14.6 Å². The molecule has 5 nitrogen and oxygen atoms in total. The Balaban J connectivity index is 0.00000208. The first kappa shape index (κ1) is 25.7. The summed E-state index contributed by atoms with van der Waals surface area (Å²) in [5, 5.41) is 4.10. The Hall–Kier alpha value is -0.270. The fourth-order valence-corrected chi connectivity index (χ4v) is 3.42. The fraction of sp³-hybridized carbons (Fsp3) is 0.588. The van der Waals surface area contributed by atoms with Crippen molar-refractivity contribution < 1.29 is 4.79 Å². The van der Waals surface area contributed by atoms with E-state index in [-0.39, 0.29) is 43.1 Å². The molecule has 0 saturated carbocycles. The molecule has 0 aromatic heterocycles. The average Bonchev–Trinajstić information content (AvgIpc) is 2.56. The van der Waals surface area contributed by atoms with E-state index in [2.05, 4.69) is 21.2 Å². The average molecular weight is 446 g/mol. The largest absolute Gasteiger partial charge is 0.339 e. The molecular formula is C17H28Cl4N4O. The lowest BCUT2D eigenvalue weighted by molar-refractivity contribution is -0.134. The Morgan fingerprint density at radius 3 is 2.23 bits per heavy atom. The molecule has 9 heteroatoms. The molecule has 2 aliphatic rings. The third-order valence-electron chi connectivity index (χ3n) is 4.59. The van der Waals surface area contributed by atoms with Crippen LogP contribution in [0.25, 0.3) is 0 Å². The number of nitrogens with zero attached hydrogens (tertiary/aromatic N) is 3. The normalized spacial score (nSPS) is 18.3. The van der Waals surface area contributed by atoms with Crippen molar-refractivity contribution in [1.82, 2.24) is 20.0 Å². The van der Waals surface area contributed by atoms with Gasteiger partial charge in [-0.2, -0.15) is 0 Å². The maximum Gasteiger partial charge on any atom is 0.236 e. The number of hydrogen-bond donors (Lipinski definition) is 1. The predicted molar refractivity (Wildman–Crippen MR) is 114 cm³/mol. The number of carbonyl (C=O) groups is 1. The lowest BCUT2D eigenvalue weighted by Crippen LogP contribution is -2.53. The van der Waals surface area contributed by atoms with Gasteiger partial charge < -0.3 is 10.2 Å². The third-order valence-corrected chi connectivity index (χ3v) is 4.82. The molecule has 1 aromatic rings. The lowest BCUT2D eigenvalue weighted by atomic mass is 10.2. The van der Waals surface area contributed by atoms with Crippen molar-refractivity contribution in [2.24, 2.45) is 0 Å². The highest BCUT2D eigenvalue weighted by Gasteiger charge is 2.23. The van der Waals surface area contributed by atoms with E-state index >= 15 is 0 Å². The van der Waals surface area contributed by atoms with Crippen molar-refractivity contribution in [1.29, 1.82) is 0 Å². The first-order valence-electron chi connectivity index (χ1n) is 8.38. The number of halogens is 4. The number of piperazine rings is 2. The molecule has 0 spiro atoms. The molecule has 0 radical (unpaired) electrons. The molecule has 2 saturated heterocycles. The van der Waals surface area contributed by atoms with Crippen LogP contribution < -0.4 is 5.32 Å². The first-order valence-corrected chi connectivity index (χ1v) is 8.76. The molecule has 0 bridgehead atoms. The molecule has 2 heterocycles. The zero-order valence-corrected chi connectivity index (χ0v) is 17.9. The van der Waals surface area contributed by atoms with Gasteiger partial charge in [-0.1, -0.05) is 23.7 Å². The van der Waals surface area contributed by atoms with Gasteiger partial charge in [0.1, 0.15) is 0 Å². The smallest absolute Gasteiger partial charge is 0.236 e. The Morgan fingerprint density at radius 1 is 0.962 bits per heavy atom. The molecule has 26 heavy (non-hydrogen) atoms. The Bertz CT molecular complexity index is 535. The SMILES string of the molecule is Cl.Cl.Cl.O=C(CN1CCNCC1)N1CCN(Cc2cccc(Cl)c2)CC1. The van der Waals surface area contributed by atoms with Crippen LogP contribution in [0, 0.1) is 0 Å². The van der Waals surface area contributed by atoms with Crippen LogP contribution in [0.2, 0.25) is 5.02 Å². The van der Waals surface area contributed by atoms with Gasteiger partial charge in [-0.15, -0.1) is 37.2 Å². The Morgan fingerprint density at radius 2 is 1.62 bits per heavy atom. The molecule has 0 atom stereocenters. The molecule has 150 valence electrons. The van der Waals surface area contributed by atoms with E-state index in [0.717, 1.165) is 63.9 Å². The predicted octanol–water partition coefficient (Wildman–Crippen LogP) is 2.15. The van der Waals surface area contributed by atoms with Crippen LogP contribution in [-0.2, 0) is 11.3 Å². The minimum absolute atomic E-state index is 0. The standard InChI is InChI=1S/C17H25ClN4O.3ClH/c18-16-3-1-2-15(12-16)13-21-8-10-22(11-9-21)17(23)14-20-6-4-19-5-7-20;;;/h1-3,12,19H,4-11,13-14H2;3*1H. The number of nitrogens with one attached hydrogen (secondary N) is 1. The summed E-state index contributed by atoms with van der Waals surface area (Å²) in [5.41, 5.74) is 1.23. The van der Waals surface area contributed by atoms with Crippen LogP contribution in [0.1, 0.15) is 5.56 Å². The van der Waals surface area contributed by atoms with Gasteiger partial charge in [-0.05, 0) is 17.7 Å². The van der Waals surface area contributed by atoms with E-state index in [9.17, 15) is 4.79 Å². The first-order chi connectivity index (χ1) is 11.2. The molecule has 0 unspecified atom stereocenters. The third kappa shape index (κ3) is 7.77. The second-order valence-corrected chi connectivity index (χ2v) is 6.75. The van der Waals surface area contributed by atoms with Gasteiger partial charge in [0.05, 0.1) is 6.54 Å². The molecule has 0 aliphatic carbocycles. The Kier molecular flexibility index (Phi) is 12.9. The number of amides is 1. The summed E-state index contributed by atoms with van der Waals surface area (Å²) in [5.74, 6) is 0.273. The summed E-state index contributed by atoms with van der Waals surface area (Å²) in [6, 6.07) is 8.01. The molecule has 1 N–H and O–H groups in total. The van der Waals surface area contributed by atoms with E-state index in [1.54, 1.807) is 0 Å². The van der Waals surface area contributed by atoms with Crippen LogP contribution in [0.4, 0.5) is 0 Å². The van der Waals surface area contributed by atoms with Crippen molar-refractivity contribution in [2.45, 2.75) is 6.54 Å². The van der Waals surface area contributed by atoms with Crippen LogP contribution in [-0.4, -0.2) is 79.5 Å². The van der Waals surface area contributed by atoms with Crippen molar-refractivity contribution >= 4 is 54.7 Å². The van der Waals surface area contributed by atoms with Crippen molar-refractivity contribution in [3.05, 3.63) is 34.9 Å². The summed E-state index contributed by atoms with van der Waals surface area (Å²) in [4.78, 5) is 19.1. The number of rotatable bonds is 4. The maximum atomic E-state index is 12.4. The topological polar surface area (TPSA) is 38.8 Å². The number of carbonyl (C=O) groups excluding carboxylic acids is 1. The maximum absolute atomic E-state index is 12.4. The molecule has 2 aliphatic heterocycles. The van der Waals surface area contributed by atoms with E-state index < -0.39 is 0 Å². The molecule has 1 aromatic carbocycles. The van der Waals surface area contributed by atoms with Crippen molar-refractivity contribution in [3.8, 4) is 0 Å². The zero-order valence-electron chi connectivity index (χ0n) is 14.7. The van der Waals surface area contributed by atoms with Gasteiger partial charge in [-0.25, -0.2) is 0 Å². The van der Waals surface area contributed by atoms with Gasteiger partial charge in [0.2, 0.25) is 5.91 Å². The summed E-state index contributed by atoms with van der Waals surface area (Å²) in [6.07, 6.45) is 0. The van der Waals surface area contributed by atoms with Gasteiger partial charge in [0, 0.05) is 63.9 Å². The molecular weight excluding hydrogens is 418 g/mol. The van der Waals surface area contributed by atoms with Gasteiger partial charge in [0.15, 0.2) is 0 Å². The highest BCUT2D eigenvalue weighted by molar-refractivity contribution is 6.30. The minimum Gasteiger partial charge on any atom is -0.339 e. The van der Waals surface area contributed by atoms with Crippen molar-refractivity contribution in [3.63, 3.8) is 0 Å². The van der Waals surface area contributed by atoms with E-state index in [0.29, 0.717) is 6.54 Å². The van der Waals surface area contributed by atoms with E-state index in [1.165, 1.54) is 5.56 Å². The summed E-state index contributed by atoms with van der Waals surface area (Å²) in [6.45, 7) is 8.90. The fourth-order valence-electron chi connectivity index (χ4n) is 3.21.